The van der Waals surface area contributed by atoms with E-state index in [2.05, 4.69) is 10.6 Å². The summed E-state index contributed by atoms with van der Waals surface area (Å²) in [6.45, 7) is 4.85. The van der Waals surface area contributed by atoms with Crippen LogP contribution in [0.3, 0.4) is 0 Å². The Kier molecular flexibility index (Phi) is 8.56. The molecule has 1 aromatic rings. The number of nitrogens with zero attached hydrogens (tertiary/aromatic N) is 1. The van der Waals surface area contributed by atoms with Crippen LogP contribution in [0.25, 0.3) is 0 Å². The molecule has 1 amide bonds. The molecule has 29 heavy (non-hydrogen) atoms. The highest BCUT2D eigenvalue weighted by atomic mass is 32.1. The first-order chi connectivity index (χ1) is 13.9. The summed E-state index contributed by atoms with van der Waals surface area (Å²) in [6, 6.07) is 6.73. The lowest BCUT2D eigenvalue weighted by Crippen LogP contribution is -2.47. The average molecular weight is 422 g/mol. The molecule has 2 N–H and O–H groups in total. The minimum Gasteiger partial charge on any atom is -0.460 e. The predicted octanol–water partition coefficient (Wildman–Crippen LogP) is 1.99. The van der Waals surface area contributed by atoms with Gasteiger partial charge in [-0.3, -0.25) is 4.79 Å². The Morgan fingerprint density at radius 1 is 1.24 bits per heavy atom. The van der Waals surface area contributed by atoms with Crippen LogP contribution in [0.4, 0.5) is 5.69 Å². The first-order valence-corrected chi connectivity index (χ1v) is 9.67. The second kappa shape index (κ2) is 10.9. The number of allylic oxidation sites excluding steroid dienone is 1. The van der Waals surface area contributed by atoms with Crippen molar-refractivity contribution in [2.75, 3.05) is 45.9 Å². The van der Waals surface area contributed by atoms with Gasteiger partial charge in [0, 0.05) is 32.1 Å². The van der Waals surface area contributed by atoms with Crippen LogP contribution < -0.4 is 10.6 Å². The van der Waals surface area contributed by atoms with E-state index in [1.165, 1.54) is 7.11 Å². The Hall–Kier alpha value is -2.49. The van der Waals surface area contributed by atoms with Crippen LogP contribution in [0.1, 0.15) is 25.5 Å². The van der Waals surface area contributed by atoms with Crippen molar-refractivity contribution in [3.8, 4) is 0 Å². The molecular weight excluding hydrogens is 394 g/mol. The highest BCUT2D eigenvalue weighted by molar-refractivity contribution is 7.80. The molecule has 1 aromatic carbocycles. The van der Waals surface area contributed by atoms with E-state index < -0.39 is 12.0 Å². The molecule has 0 saturated carbocycles. The Balaban J connectivity index is 2.37. The number of carbonyl (C=O) groups is 2. The standard InChI is InChI=1S/C20H27N3O5S/c1-5-23-13(2)17(19(25)28-10-9-26-3)18(22-20(23)29)14-7-6-8-15(11-14)21-16(24)12-27-4/h6-8,11,18H,5,9-10,12H2,1-4H3,(H,21,24)(H,22,29). The number of thiocarbonyl (C=S) groups is 1. The lowest BCUT2D eigenvalue weighted by molar-refractivity contribution is -0.140. The molecule has 0 saturated heterocycles. The first kappa shape index (κ1) is 22.8. The molecule has 9 heteroatoms. The third kappa shape index (κ3) is 5.75. The minimum atomic E-state index is -0.500. The van der Waals surface area contributed by atoms with E-state index in [0.29, 0.717) is 29.5 Å². The Labute approximate surface area is 176 Å². The van der Waals surface area contributed by atoms with Crippen LogP contribution in [-0.4, -0.2) is 62.5 Å². The number of methoxy groups -OCH3 is 2. The van der Waals surface area contributed by atoms with Crippen molar-refractivity contribution in [1.29, 1.82) is 0 Å². The maximum absolute atomic E-state index is 12.9. The molecular formula is C20H27N3O5S. The van der Waals surface area contributed by atoms with Gasteiger partial charge in [0.1, 0.15) is 13.2 Å². The lowest BCUT2D eigenvalue weighted by atomic mass is 9.94. The van der Waals surface area contributed by atoms with Gasteiger partial charge in [-0.15, -0.1) is 0 Å². The van der Waals surface area contributed by atoms with Gasteiger partial charge in [0.2, 0.25) is 5.91 Å². The minimum absolute atomic E-state index is 0.0441. The monoisotopic (exact) mass is 421 g/mol. The topological polar surface area (TPSA) is 89.1 Å². The first-order valence-electron chi connectivity index (χ1n) is 9.26. The zero-order valence-electron chi connectivity index (χ0n) is 17.1. The Bertz CT molecular complexity index is 796. The number of nitrogens with one attached hydrogen (secondary N) is 2. The largest absolute Gasteiger partial charge is 0.460 e. The van der Waals surface area contributed by atoms with Crippen molar-refractivity contribution < 1.29 is 23.8 Å². The van der Waals surface area contributed by atoms with Gasteiger partial charge in [-0.25, -0.2) is 4.79 Å². The van der Waals surface area contributed by atoms with Gasteiger partial charge in [-0.2, -0.15) is 0 Å². The predicted molar refractivity (Wildman–Crippen MR) is 113 cm³/mol. The van der Waals surface area contributed by atoms with E-state index in [9.17, 15) is 9.59 Å². The maximum Gasteiger partial charge on any atom is 0.338 e. The van der Waals surface area contributed by atoms with Crippen molar-refractivity contribution in [3.63, 3.8) is 0 Å². The van der Waals surface area contributed by atoms with E-state index in [-0.39, 0.29) is 19.1 Å². The van der Waals surface area contributed by atoms with Crippen LogP contribution >= 0.6 is 12.2 Å². The molecule has 0 radical (unpaired) electrons. The molecule has 1 aliphatic rings. The van der Waals surface area contributed by atoms with E-state index in [4.69, 9.17) is 26.4 Å². The van der Waals surface area contributed by atoms with E-state index in [0.717, 1.165) is 11.3 Å². The molecule has 158 valence electrons. The van der Waals surface area contributed by atoms with Crippen molar-refractivity contribution >= 4 is 34.9 Å². The molecule has 0 aliphatic carbocycles. The summed E-state index contributed by atoms with van der Waals surface area (Å²) >= 11 is 5.49. The van der Waals surface area contributed by atoms with E-state index >= 15 is 0 Å². The molecule has 1 aliphatic heterocycles. The fourth-order valence-electron chi connectivity index (χ4n) is 3.10. The number of ether oxygens (including phenoxy) is 3. The van der Waals surface area contributed by atoms with Crippen molar-refractivity contribution in [1.82, 2.24) is 10.2 Å². The van der Waals surface area contributed by atoms with Crippen LogP contribution in [0.5, 0.6) is 0 Å². The van der Waals surface area contributed by atoms with Gasteiger partial charge in [0.25, 0.3) is 0 Å². The second-order valence-electron chi connectivity index (χ2n) is 6.36. The average Bonchev–Trinajstić information content (AvgIpc) is 2.68. The smallest absolute Gasteiger partial charge is 0.338 e. The van der Waals surface area contributed by atoms with Crippen molar-refractivity contribution in [2.45, 2.75) is 19.9 Å². The summed E-state index contributed by atoms with van der Waals surface area (Å²) in [5.74, 6) is -0.702. The van der Waals surface area contributed by atoms with Gasteiger partial charge < -0.3 is 29.7 Å². The molecule has 1 heterocycles. The van der Waals surface area contributed by atoms with Crippen LogP contribution in [-0.2, 0) is 23.8 Å². The maximum atomic E-state index is 12.9. The highest BCUT2D eigenvalue weighted by Crippen LogP contribution is 2.32. The number of carbonyl (C=O) groups excluding carboxylic acids is 2. The lowest BCUT2D eigenvalue weighted by Gasteiger charge is -2.37. The summed E-state index contributed by atoms with van der Waals surface area (Å²) in [5.41, 5.74) is 2.57. The Morgan fingerprint density at radius 3 is 2.66 bits per heavy atom. The summed E-state index contributed by atoms with van der Waals surface area (Å²) in [4.78, 5) is 26.5. The fraction of sp³-hybridized carbons (Fsp3) is 0.450. The zero-order valence-corrected chi connectivity index (χ0v) is 17.9. The quantitative estimate of drug-likeness (QED) is 0.356. The van der Waals surface area contributed by atoms with Crippen LogP contribution in [0.15, 0.2) is 35.5 Å². The SMILES string of the molecule is CCN1C(=S)NC(c2cccc(NC(=O)COC)c2)C(C(=O)OCCOC)=C1C. The Morgan fingerprint density at radius 2 is 2.00 bits per heavy atom. The summed E-state index contributed by atoms with van der Waals surface area (Å²) in [6.07, 6.45) is 0. The van der Waals surface area contributed by atoms with E-state index in [1.807, 2.05) is 24.8 Å². The number of anilines is 1. The molecule has 0 fully saturated rings. The molecule has 1 unspecified atom stereocenters. The molecule has 2 rings (SSSR count). The highest BCUT2D eigenvalue weighted by Gasteiger charge is 2.34. The van der Waals surface area contributed by atoms with Gasteiger partial charge in [0.05, 0.1) is 18.2 Å². The van der Waals surface area contributed by atoms with Crippen molar-refractivity contribution in [2.24, 2.45) is 0 Å². The van der Waals surface area contributed by atoms with Crippen LogP contribution in [0.2, 0.25) is 0 Å². The number of benzene rings is 1. The van der Waals surface area contributed by atoms with Crippen molar-refractivity contribution in [3.05, 3.63) is 41.1 Å². The van der Waals surface area contributed by atoms with E-state index in [1.54, 1.807) is 25.3 Å². The van der Waals surface area contributed by atoms with Gasteiger partial charge >= 0.3 is 5.97 Å². The summed E-state index contributed by atoms with van der Waals surface area (Å²) < 4.78 is 15.2. The normalized spacial score (nSPS) is 16.5. The van der Waals surface area contributed by atoms with Crippen LogP contribution in [0, 0.1) is 0 Å². The summed E-state index contributed by atoms with van der Waals surface area (Å²) in [7, 11) is 3.00. The third-order valence-electron chi connectivity index (χ3n) is 4.43. The molecule has 0 bridgehead atoms. The third-order valence-corrected chi connectivity index (χ3v) is 4.77. The molecule has 0 aromatic heterocycles. The number of hydrogen-bond acceptors (Lipinski definition) is 6. The number of esters is 1. The molecule has 0 spiro atoms. The summed E-state index contributed by atoms with van der Waals surface area (Å²) in [5, 5.41) is 6.51. The van der Waals surface area contributed by atoms with Gasteiger partial charge in [-0.1, -0.05) is 12.1 Å². The number of amides is 1. The number of rotatable bonds is 9. The second-order valence-corrected chi connectivity index (χ2v) is 6.75. The zero-order chi connectivity index (χ0) is 21.4. The molecule has 1 atom stereocenters. The fourth-order valence-corrected chi connectivity index (χ4v) is 3.48. The molecule has 8 nitrogen and oxygen atoms in total. The van der Waals surface area contributed by atoms with Gasteiger partial charge in [-0.05, 0) is 43.8 Å². The van der Waals surface area contributed by atoms with Gasteiger partial charge in [0.15, 0.2) is 5.11 Å². The number of hydrogen-bond donors (Lipinski definition) is 2.